The molecule has 8 nitrogen and oxygen atoms in total. The Hall–Kier alpha value is -3.42. The average molecular weight is 413 g/mol. The molecule has 30 heavy (non-hydrogen) atoms. The zero-order chi connectivity index (χ0) is 21.5. The molecule has 1 aliphatic rings. The second kappa shape index (κ2) is 9.87. The Kier molecular flexibility index (Phi) is 7.00. The summed E-state index contributed by atoms with van der Waals surface area (Å²) < 4.78 is 15.6. The molecule has 0 unspecified atom stereocenters. The van der Waals surface area contributed by atoms with Crippen molar-refractivity contribution < 1.29 is 23.8 Å². The highest BCUT2D eigenvalue weighted by molar-refractivity contribution is 5.95. The van der Waals surface area contributed by atoms with Crippen LogP contribution in [0, 0.1) is 5.92 Å². The van der Waals surface area contributed by atoms with E-state index < -0.39 is 0 Å². The number of anilines is 1. The van der Waals surface area contributed by atoms with Gasteiger partial charge in [0, 0.05) is 37.7 Å². The Morgan fingerprint density at radius 3 is 2.40 bits per heavy atom. The van der Waals surface area contributed by atoms with Crippen LogP contribution < -0.4 is 29.7 Å². The van der Waals surface area contributed by atoms with E-state index in [0.717, 1.165) is 17.0 Å². The van der Waals surface area contributed by atoms with Gasteiger partial charge in [-0.1, -0.05) is 6.07 Å². The fraction of sp³-hybridized carbons (Fsp3) is 0.364. The first-order chi connectivity index (χ1) is 14.5. The predicted octanol–water partition coefficient (Wildman–Crippen LogP) is 2.56. The van der Waals surface area contributed by atoms with Crippen molar-refractivity contribution in [1.29, 1.82) is 0 Å². The van der Waals surface area contributed by atoms with E-state index in [-0.39, 0.29) is 17.9 Å². The van der Waals surface area contributed by atoms with Crippen molar-refractivity contribution in [3.8, 4) is 17.2 Å². The highest BCUT2D eigenvalue weighted by Crippen LogP contribution is 2.28. The summed E-state index contributed by atoms with van der Waals surface area (Å²) >= 11 is 0. The third-order valence-corrected chi connectivity index (χ3v) is 5.04. The SMILES string of the molecule is COc1ccc(N2C[C@H](CNC(=O)NCc3ccc(OC)c(OC)c3)CC2=O)cc1. The van der Waals surface area contributed by atoms with E-state index in [1.54, 1.807) is 32.3 Å². The minimum Gasteiger partial charge on any atom is -0.497 e. The molecule has 2 N–H and O–H groups in total. The molecular weight excluding hydrogens is 386 g/mol. The first-order valence-corrected chi connectivity index (χ1v) is 9.71. The van der Waals surface area contributed by atoms with E-state index in [0.29, 0.717) is 37.6 Å². The van der Waals surface area contributed by atoms with Gasteiger partial charge < -0.3 is 29.7 Å². The second-order valence-corrected chi connectivity index (χ2v) is 7.03. The molecule has 1 saturated heterocycles. The molecule has 8 heteroatoms. The molecule has 2 aromatic rings. The van der Waals surface area contributed by atoms with E-state index in [1.165, 1.54) is 0 Å². The van der Waals surface area contributed by atoms with Gasteiger partial charge in [-0.15, -0.1) is 0 Å². The van der Waals surface area contributed by atoms with Gasteiger partial charge in [0.05, 0.1) is 21.3 Å². The largest absolute Gasteiger partial charge is 0.497 e. The third-order valence-electron chi connectivity index (χ3n) is 5.04. The van der Waals surface area contributed by atoms with Crippen LogP contribution in [0.1, 0.15) is 12.0 Å². The number of carbonyl (C=O) groups excluding carboxylic acids is 2. The summed E-state index contributed by atoms with van der Waals surface area (Å²) in [5.41, 5.74) is 1.73. The number of amides is 3. The zero-order valence-electron chi connectivity index (χ0n) is 17.4. The normalized spacial score (nSPS) is 15.6. The van der Waals surface area contributed by atoms with Crippen molar-refractivity contribution in [2.45, 2.75) is 13.0 Å². The van der Waals surface area contributed by atoms with Crippen LogP contribution in [0.3, 0.4) is 0 Å². The fourth-order valence-electron chi connectivity index (χ4n) is 3.40. The number of methoxy groups -OCH3 is 3. The van der Waals surface area contributed by atoms with Crippen molar-refractivity contribution in [1.82, 2.24) is 10.6 Å². The highest BCUT2D eigenvalue weighted by Gasteiger charge is 2.30. The van der Waals surface area contributed by atoms with Crippen molar-refractivity contribution in [3.05, 3.63) is 48.0 Å². The number of hydrogen-bond donors (Lipinski definition) is 2. The summed E-state index contributed by atoms with van der Waals surface area (Å²) in [6.07, 6.45) is 0.405. The first-order valence-electron chi connectivity index (χ1n) is 9.71. The first kappa shape index (κ1) is 21.3. The molecule has 160 valence electrons. The van der Waals surface area contributed by atoms with Gasteiger partial charge in [-0.2, -0.15) is 0 Å². The van der Waals surface area contributed by atoms with Crippen LogP contribution in [-0.2, 0) is 11.3 Å². The summed E-state index contributed by atoms with van der Waals surface area (Å²) in [5.74, 6) is 2.11. The molecule has 3 amide bonds. The van der Waals surface area contributed by atoms with Crippen LogP contribution in [0.15, 0.2) is 42.5 Å². The number of ether oxygens (including phenoxy) is 3. The van der Waals surface area contributed by atoms with Gasteiger partial charge in [0.2, 0.25) is 5.91 Å². The lowest BCUT2D eigenvalue weighted by atomic mass is 10.1. The van der Waals surface area contributed by atoms with Gasteiger partial charge in [0.25, 0.3) is 0 Å². The standard InChI is InChI=1S/C22H27N3O5/c1-28-18-7-5-17(6-8-18)25-14-16(11-21(25)26)13-24-22(27)23-12-15-4-9-19(29-2)20(10-15)30-3/h4-10,16H,11-14H2,1-3H3,(H2,23,24,27)/t16-/m0/s1. The molecule has 2 aromatic carbocycles. The molecule has 0 radical (unpaired) electrons. The van der Waals surface area contributed by atoms with Gasteiger partial charge in [-0.3, -0.25) is 4.79 Å². The Morgan fingerprint density at radius 1 is 1.00 bits per heavy atom. The summed E-state index contributed by atoms with van der Waals surface area (Å²) in [7, 11) is 4.75. The highest BCUT2D eigenvalue weighted by atomic mass is 16.5. The van der Waals surface area contributed by atoms with Crippen LogP contribution in [0.4, 0.5) is 10.5 Å². The van der Waals surface area contributed by atoms with Gasteiger partial charge >= 0.3 is 6.03 Å². The fourth-order valence-corrected chi connectivity index (χ4v) is 3.40. The van der Waals surface area contributed by atoms with Crippen LogP contribution in [-0.4, -0.2) is 46.4 Å². The summed E-state index contributed by atoms with van der Waals surface area (Å²) in [6, 6.07) is 12.6. The Morgan fingerprint density at radius 2 is 1.73 bits per heavy atom. The predicted molar refractivity (Wildman–Crippen MR) is 113 cm³/mol. The van der Waals surface area contributed by atoms with E-state index in [1.807, 2.05) is 36.4 Å². The Bertz CT molecular complexity index is 885. The average Bonchev–Trinajstić information content (AvgIpc) is 3.16. The van der Waals surface area contributed by atoms with E-state index in [4.69, 9.17) is 14.2 Å². The topological polar surface area (TPSA) is 89.1 Å². The van der Waals surface area contributed by atoms with Crippen molar-refractivity contribution in [3.63, 3.8) is 0 Å². The number of nitrogens with zero attached hydrogens (tertiary/aromatic N) is 1. The monoisotopic (exact) mass is 413 g/mol. The summed E-state index contributed by atoms with van der Waals surface area (Å²) in [4.78, 5) is 26.3. The molecular formula is C22H27N3O5. The number of carbonyl (C=O) groups is 2. The van der Waals surface area contributed by atoms with Gasteiger partial charge in [-0.05, 0) is 42.0 Å². The lowest BCUT2D eigenvalue weighted by Crippen LogP contribution is -2.38. The third kappa shape index (κ3) is 5.14. The van der Waals surface area contributed by atoms with Gasteiger partial charge in [0.15, 0.2) is 11.5 Å². The molecule has 0 spiro atoms. The lowest BCUT2D eigenvalue weighted by molar-refractivity contribution is -0.117. The quantitative estimate of drug-likeness (QED) is 0.694. The maximum absolute atomic E-state index is 12.4. The number of nitrogens with one attached hydrogen (secondary N) is 2. The molecule has 1 heterocycles. The zero-order valence-corrected chi connectivity index (χ0v) is 17.4. The number of benzene rings is 2. The lowest BCUT2D eigenvalue weighted by Gasteiger charge is -2.17. The minimum atomic E-state index is -0.278. The van der Waals surface area contributed by atoms with E-state index in [2.05, 4.69) is 10.6 Å². The minimum absolute atomic E-state index is 0.0534. The molecule has 1 aliphatic heterocycles. The van der Waals surface area contributed by atoms with Crippen molar-refractivity contribution in [2.24, 2.45) is 5.92 Å². The molecule has 1 fully saturated rings. The molecule has 3 rings (SSSR count). The second-order valence-electron chi connectivity index (χ2n) is 7.03. The van der Waals surface area contributed by atoms with E-state index in [9.17, 15) is 9.59 Å². The smallest absolute Gasteiger partial charge is 0.315 e. The maximum Gasteiger partial charge on any atom is 0.315 e. The molecule has 1 atom stereocenters. The molecule has 0 aromatic heterocycles. The summed E-state index contributed by atoms with van der Waals surface area (Å²) in [5, 5.41) is 5.67. The molecule has 0 saturated carbocycles. The summed E-state index contributed by atoms with van der Waals surface area (Å²) in [6.45, 7) is 1.35. The van der Waals surface area contributed by atoms with Crippen molar-refractivity contribution >= 4 is 17.6 Å². The van der Waals surface area contributed by atoms with Gasteiger partial charge in [-0.25, -0.2) is 4.79 Å². The Labute approximate surface area is 176 Å². The van der Waals surface area contributed by atoms with Crippen LogP contribution in [0.5, 0.6) is 17.2 Å². The van der Waals surface area contributed by atoms with Crippen LogP contribution >= 0.6 is 0 Å². The number of rotatable bonds is 8. The number of urea groups is 1. The van der Waals surface area contributed by atoms with E-state index >= 15 is 0 Å². The Balaban J connectivity index is 1.46. The van der Waals surface area contributed by atoms with Crippen LogP contribution in [0.2, 0.25) is 0 Å². The van der Waals surface area contributed by atoms with Crippen LogP contribution in [0.25, 0.3) is 0 Å². The maximum atomic E-state index is 12.4. The number of hydrogen-bond acceptors (Lipinski definition) is 5. The van der Waals surface area contributed by atoms with Crippen molar-refractivity contribution in [2.75, 3.05) is 39.3 Å². The molecule has 0 bridgehead atoms. The van der Waals surface area contributed by atoms with Gasteiger partial charge in [0.1, 0.15) is 5.75 Å². The molecule has 0 aliphatic carbocycles.